The summed E-state index contributed by atoms with van der Waals surface area (Å²) in [5.74, 6) is 2.83. The molecule has 1 aromatic carbocycles. The molecule has 0 atom stereocenters. The third-order valence-corrected chi connectivity index (χ3v) is 6.36. The van der Waals surface area contributed by atoms with Gasteiger partial charge in [0.1, 0.15) is 11.5 Å². The van der Waals surface area contributed by atoms with Crippen LogP contribution in [0.4, 0.5) is 5.95 Å². The van der Waals surface area contributed by atoms with Crippen LogP contribution in [0.15, 0.2) is 41.1 Å². The Labute approximate surface area is 186 Å². The SMILES string of the molecule is COc1cccc(Oc2nc(N3CCOCC3)nc3c2CN(Cc2ccsc2)CC3)c1. The highest BCUT2D eigenvalue weighted by Gasteiger charge is 2.26. The van der Waals surface area contributed by atoms with E-state index in [1.807, 2.05) is 24.3 Å². The number of morpholine rings is 1. The standard InChI is InChI=1S/C23H26N4O3S/c1-28-18-3-2-4-19(13-18)30-22-20-15-26(14-17-6-12-31-16-17)7-5-21(20)24-23(25-22)27-8-10-29-11-9-27/h2-4,6,12-13,16H,5,7-11,14-15H2,1H3. The average Bonchev–Trinajstić information content (AvgIpc) is 3.33. The molecule has 1 saturated heterocycles. The molecule has 2 aliphatic heterocycles. The number of rotatable bonds is 6. The molecule has 2 aliphatic rings. The molecule has 0 spiro atoms. The van der Waals surface area contributed by atoms with Crippen molar-refractivity contribution < 1.29 is 14.2 Å². The highest BCUT2D eigenvalue weighted by Crippen LogP contribution is 2.33. The number of benzene rings is 1. The Morgan fingerprint density at radius 3 is 2.77 bits per heavy atom. The van der Waals surface area contributed by atoms with Crippen LogP contribution in [-0.4, -0.2) is 54.8 Å². The number of nitrogens with zero attached hydrogens (tertiary/aromatic N) is 4. The normalized spacial score (nSPS) is 16.7. The lowest BCUT2D eigenvalue weighted by Crippen LogP contribution is -2.38. The number of methoxy groups -OCH3 is 1. The topological polar surface area (TPSA) is 60.0 Å². The summed E-state index contributed by atoms with van der Waals surface area (Å²) in [5, 5.41) is 4.34. The summed E-state index contributed by atoms with van der Waals surface area (Å²) in [5.41, 5.74) is 3.49. The molecule has 0 bridgehead atoms. The molecule has 4 heterocycles. The number of hydrogen-bond acceptors (Lipinski definition) is 8. The van der Waals surface area contributed by atoms with E-state index in [1.54, 1.807) is 18.4 Å². The minimum atomic E-state index is 0.634. The maximum Gasteiger partial charge on any atom is 0.229 e. The number of anilines is 1. The Balaban J connectivity index is 1.46. The fourth-order valence-corrected chi connectivity index (χ4v) is 4.63. The summed E-state index contributed by atoms with van der Waals surface area (Å²) in [6.45, 7) is 5.65. The van der Waals surface area contributed by atoms with Gasteiger partial charge in [-0.3, -0.25) is 4.90 Å². The lowest BCUT2D eigenvalue weighted by Gasteiger charge is -2.31. The Hall–Kier alpha value is -2.68. The summed E-state index contributed by atoms with van der Waals surface area (Å²) in [4.78, 5) is 14.4. The monoisotopic (exact) mass is 438 g/mol. The molecule has 3 aromatic rings. The Kier molecular flexibility index (Phi) is 6.01. The summed E-state index contributed by atoms with van der Waals surface area (Å²) < 4.78 is 17.2. The van der Waals surface area contributed by atoms with E-state index in [0.717, 1.165) is 62.1 Å². The van der Waals surface area contributed by atoms with Crippen molar-refractivity contribution in [2.45, 2.75) is 19.5 Å². The van der Waals surface area contributed by atoms with E-state index in [4.69, 9.17) is 24.2 Å². The molecule has 2 aromatic heterocycles. The predicted molar refractivity (Wildman–Crippen MR) is 120 cm³/mol. The van der Waals surface area contributed by atoms with Gasteiger partial charge >= 0.3 is 0 Å². The van der Waals surface area contributed by atoms with Gasteiger partial charge < -0.3 is 19.1 Å². The zero-order valence-electron chi connectivity index (χ0n) is 17.6. The van der Waals surface area contributed by atoms with Gasteiger partial charge in [-0.2, -0.15) is 16.3 Å². The lowest BCUT2D eigenvalue weighted by atomic mass is 10.1. The van der Waals surface area contributed by atoms with Gasteiger partial charge in [-0.15, -0.1) is 0 Å². The van der Waals surface area contributed by atoms with Crippen LogP contribution in [0, 0.1) is 0 Å². The molecule has 7 nitrogen and oxygen atoms in total. The van der Waals surface area contributed by atoms with Gasteiger partial charge in [0.25, 0.3) is 0 Å². The number of fused-ring (bicyclic) bond motifs is 1. The number of thiophene rings is 1. The van der Waals surface area contributed by atoms with Gasteiger partial charge in [-0.1, -0.05) is 6.07 Å². The van der Waals surface area contributed by atoms with E-state index < -0.39 is 0 Å². The Bertz CT molecular complexity index is 1020. The van der Waals surface area contributed by atoms with Crippen LogP contribution in [0.3, 0.4) is 0 Å². The van der Waals surface area contributed by atoms with Crippen molar-refractivity contribution in [3.63, 3.8) is 0 Å². The van der Waals surface area contributed by atoms with E-state index in [9.17, 15) is 0 Å². The van der Waals surface area contributed by atoms with E-state index in [1.165, 1.54) is 5.56 Å². The third-order valence-electron chi connectivity index (χ3n) is 5.63. The molecule has 5 rings (SSSR count). The second-order valence-corrected chi connectivity index (χ2v) is 8.51. The summed E-state index contributed by atoms with van der Waals surface area (Å²) in [6.07, 6.45) is 0.883. The largest absolute Gasteiger partial charge is 0.497 e. The molecule has 0 aliphatic carbocycles. The van der Waals surface area contributed by atoms with Gasteiger partial charge in [0.05, 0.1) is 31.6 Å². The quantitative estimate of drug-likeness (QED) is 0.581. The molecule has 0 unspecified atom stereocenters. The fraction of sp³-hybridized carbons (Fsp3) is 0.391. The Morgan fingerprint density at radius 2 is 1.97 bits per heavy atom. The number of ether oxygens (including phenoxy) is 3. The van der Waals surface area contributed by atoms with E-state index >= 15 is 0 Å². The van der Waals surface area contributed by atoms with E-state index in [2.05, 4.69) is 26.6 Å². The van der Waals surface area contributed by atoms with Gasteiger partial charge in [-0.25, -0.2) is 4.98 Å². The van der Waals surface area contributed by atoms with Crippen LogP contribution < -0.4 is 14.4 Å². The average molecular weight is 439 g/mol. The van der Waals surface area contributed by atoms with Crippen molar-refractivity contribution in [2.75, 3.05) is 44.9 Å². The zero-order valence-corrected chi connectivity index (χ0v) is 18.4. The lowest BCUT2D eigenvalue weighted by molar-refractivity contribution is 0.122. The molecule has 31 heavy (non-hydrogen) atoms. The minimum Gasteiger partial charge on any atom is -0.497 e. The summed E-state index contributed by atoms with van der Waals surface area (Å²) >= 11 is 1.74. The fourth-order valence-electron chi connectivity index (χ4n) is 3.97. The zero-order chi connectivity index (χ0) is 21.0. The van der Waals surface area contributed by atoms with Crippen molar-refractivity contribution in [1.29, 1.82) is 0 Å². The van der Waals surface area contributed by atoms with Crippen molar-refractivity contribution in [3.8, 4) is 17.4 Å². The molecule has 0 radical (unpaired) electrons. The third kappa shape index (κ3) is 4.66. The second-order valence-electron chi connectivity index (χ2n) is 7.73. The predicted octanol–water partition coefficient (Wildman–Crippen LogP) is 3.73. The maximum absolute atomic E-state index is 6.32. The van der Waals surface area contributed by atoms with E-state index in [-0.39, 0.29) is 0 Å². The van der Waals surface area contributed by atoms with Crippen molar-refractivity contribution >= 4 is 17.3 Å². The van der Waals surface area contributed by atoms with Crippen molar-refractivity contribution in [1.82, 2.24) is 14.9 Å². The highest BCUT2D eigenvalue weighted by atomic mass is 32.1. The second kappa shape index (κ2) is 9.21. The molecular formula is C23H26N4O3S. The van der Waals surface area contributed by atoms with Gasteiger partial charge in [0.15, 0.2) is 0 Å². The number of hydrogen-bond donors (Lipinski definition) is 0. The first-order valence-electron chi connectivity index (χ1n) is 10.6. The van der Waals surface area contributed by atoms with Crippen molar-refractivity contribution in [2.24, 2.45) is 0 Å². The molecule has 0 N–H and O–H groups in total. The summed E-state index contributed by atoms with van der Waals surface area (Å²) in [7, 11) is 1.66. The van der Waals surface area contributed by atoms with Crippen LogP contribution in [0.2, 0.25) is 0 Å². The molecule has 0 saturated carbocycles. The first-order chi connectivity index (χ1) is 15.3. The Morgan fingerprint density at radius 1 is 1.10 bits per heavy atom. The smallest absolute Gasteiger partial charge is 0.229 e. The molecule has 8 heteroatoms. The van der Waals surface area contributed by atoms with E-state index in [0.29, 0.717) is 24.8 Å². The summed E-state index contributed by atoms with van der Waals surface area (Å²) in [6, 6.07) is 9.83. The first kappa shape index (κ1) is 20.2. The molecule has 0 amide bonds. The van der Waals surface area contributed by atoms with Crippen LogP contribution in [0.25, 0.3) is 0 Å². The van der Waals surface area contributed by atoms with Gasteiger partial charge in [0, 0.05) is 45.2 Å². The van der Waals surface area contributed by atoms with Gasteiger partial charge in [0.2, 0.25) is 11.8 Å². The molecule has 162 valence electrons. The first-order valence-corrected chi connectivity index (χ1v) is 11.5. The van der Waals surface area contributed by atoms with Crippen LogP contribution in [-0.2, 0) is 24.2 Å². The van der Waals surface area contributed by atoms with Crippen LogP contribution in [0.1, 0.15) is 16.8 Å². The minimum absolute atomic E-state index is 0.634. The number of aromatic nitrogens is 2. The highest BCUT2D eigenvalue weighted by molar-refractivity contribution is 7.07. The van der Waals surface area contributed by atoms with Crippen molar-refractivity contribution in [3.05, 3.63) is 57.9 Å². The maximum atomic E-state index is 6.32. The van der Waals surface area contributed by atoms with Gasteiger partial charge in [-0.05, 0) is 34.5 Å². The van der Waals surface area contributed by atoms with Crippen LogP contribution >= 0.6 is 11.3 Å². The molecular weight excluding hydrogens is 412 g/mol. The van der Waals surface area contributed by atoms with Crippen LogP contribution in [0.5, 0.6) is 17.4 Å². The molecule has 1 fully saturated rings.